The molecule has 0 saturated carbocycles. The number of benzene rings is 2. The average Bonchev–Trinajstić information content (AvgIpc) is 3.12. The number of carbonyl (C=O) groups is 3. The molecule has 0 atom stereocenters. The van der Waals surface area contributed by atoms with E-state index < -0.39 is 5.97 Å². The molecule has 0 radical (unpaired) electrons. The van der Waals surface area contributed by atoms with E-state index in [0.717, 1.165) is 18.7 Å². The number of amides is 2. The van der Waals surface area contributed by atoms with Crippen molar-refractivity contribution in [2.24, 2.45) is 0 Å². The van der Waals surface area contributed by atoms with Crippen LogP contribution >= 0.6 is 0 Å². The number of nitrogens with one attached hydrogen (secondary N) is 1. The summed E-state index contributed by atoms with van der Waals surface area (Å²) in [6, 6.07) is 13.7. The van der Waals surface area contributed by atoms with Gasteiger partial charge in [0.1, 0.15) is 5.75 Å². The number of ether oxygens (including phenoxy) is 2. The largest absolute Gasteiger partial charge is 0.482 e. The van der Waals surface area contributed by atoms with Crippen molar-refractivity contribution in [1.82, 2.24) is 0 Å². The number of anilines is 2. The number of nitrogens with zero attached hydrogens (tertiary/aromatic N) is 1. The summed E-state index contributed by atoms with van der Waals surface area (Å²) in [5.41, 5.74) is 1.85. The second-order valence-electron chi connectivity index (χ2n) is 6.04. The van der Waals surface area contributed by atoms with Gasteiger partial charge in [-0.05, 0) is 48.9 Å². The summed E-state index contributed by atoms with van der Waals surface area (Å²) in [5, 5.41) is 2.80. The standard InChI is InChI=1S/C20H20N2O5/c1-26-19(24)13-27-17-5-2-4-14(12-17)20(25)21-15-7-9-16(10-8-15)22-11-3-6-18(22)23/h2,4-5,7-10,12H,3,6,11,13H2,1H3,(H,21,25). The van der Waals surface area contributed by atoms with Gasteiger partial charge in [0.2, 0.25) is 5.91 Å². The lowest BCUT2D eigenvalue weighted by Crippen LogP contribution is -2.23. The van der Waals surface area contributed by atoms with Crippen LogP contribution in [0.4, 0.5) is 11.4 Å². The molecule has 7 nitrogen and oxygen atoms in total. The molecule has 1 N–H and O–H groups in total. The third-order valence-electron chi connectivity index (χ3n) is 4.19. The van der Waals surface area contributed by atoms with E-state index in [0.29, 0.717) is 23.4 Å². The highest BCUT2D eigenvalue weighted by Crippen LogP contribution is 2.23. The Morgan fingerprint density at radius 3 is 2.59 bits per heavy atom. The minimum absolute atomic E-state index is 0.121. The maximum absolute atomic E-state index is 12.4. The molecular formula is C20H20N2O5. The Kier molecular flexibility index (Phi) is 5.71. The summed E-state index contributed by atoms with van der Waals surface area (Å²) in [6.07, 6.45) is 1.44. The highest BCUT2D eigenvalue weighted by molar-refractivity contribution is 6.04. The van der Waals surface area contributed by atoms with Crippen LogP contribution in [0.1, 0.15) is 23.2 Å². The molecule has 27 heavy (non-hydrogen) atoms. The predicted octanol–water partition coefficient (Wildman–Crippen LogP) is 2.62. The number of carbonyl (C=O) groups excluding carboxylic acids is 3. The highest BCUT2D eigenvalue weighted by atomic mass is 16.6. The first-order chi connectivity index (χ1) is 13.1. The highest BCUT2D eigenvalue weighted by Gasteiger charge is 2.21. The van der Waals surface area contributed by atoms with Gasteiger partial charge in [-0.3, -0.25) is 9.59 Å². The van der Waals surface area contributed by atoms with E-state index in [1.165, 1.54) is 7.11 Å². The Balaban J connectivity index is 1.63. The Hall–Kier alpha value is -3.35. The van der Waals surface area contributed by atoms with Crippen LogP contribution in [-0.2, 0) is 14.3 Å². The average molecular weight is 368 g/mol. The third-order valence-corrected chi connectivity index (χ3v) is 4.19. The van der Waals surface area contributed by atoms with E-state index in [1.807, 2.05) is 12.1 Å². The van der Waals surface area contributed by atoms with Gasteiger partial charge in [0.05, 0.1) is 7.11 Å². The van der Waals surface area contributed by atoms with E-state index in [-0.39, 0.29) is 18.4 Å². The maximum Gasteiger partial charge on any atom is 0.343 e. The second-order valence-corrected chi connectivity index (χ2v) is 6.04. The quantitative estimate of drug-likeness (QED) is 0.793. The number of hydrogen-bond acceptors (Lipinski definition) is 5. The van der Waals surface area contributed by atoms with E-state index in [1.54, 1.807) is 41.3 Å². The SMILES string of the molecule is COC(=O)COc1cccc(C(=O)Nc2ccc(N3CCCC3=O)cc2)c1. The lowest BCUT2D eigenvalue weighted by Gasteiger charge is -2.16. The van der Waals surface area contributed by atoms with Gasteiger partial charge >= 0.3 is 5.97 Å². The zero-order valence-corrected chi connectivity index (χ0v) is 14.9. The molecule has 2 aromatic rings. The van der Waals surface area contributed by atoms with Crippen LogP contribution in [0.25, 0.3) is 0 Å². The summed E-state index contributed by atoms with van der Waals surface area (Å²) < 4.78 is 9.80. The first kappa shape index (κ1) is 18.4. The fraction of sp³-hybridized carbons (Fsp3) is 0.250. The molecule has 2 amide bonds. The number of methoxy groups -OCH3 is 1. The molecule has 0 aromatic heterocycles. The van der Waals surface area contributed by atoms with Gasteiger partial charge in [0.25, 0.3) is 5.91 Å². The van der Waals surface area contributed by atoms with Crippen molar-refractivity contribution < 1.29 is 23.9 Å². The molecule has 0 bridgehead atoms. The van der Waals surface area contributed by atoms with Crippen molar-refractivity contribution in [3.8, 4) is 5.75 Å². The number of rotatable bonds is 6. The molecular weight excluding hydrogens is 348 g/mol. The Bertz CT molecular complexity index is 848. The van der Waals surface area contributed by atoms with E-state index in [2.05, 4.69) is 10.1 Å². The van der Waals surface area contributed by atoms with Gasteiger partial charge in [-0.25, -0.2) is 4.79 Å². The molecule has 1 saturated heterocycles. The Morgan fingerprint density at radius 2 is 1.93 bits per heavy atom. The van der Waals surface area contributed by atoms with Crippen LogP contribution < -0.4 is 15.0 Å². The molecule has 7 heteroatoms. The molecule has 1 fully saturated rings. The molecule has 3 rings (SSSR count). The maximum atomic E-state index is 12.4. The summed E-state index contributed by atoms with van der Waals surface area (Å²) in [6.45, 7) is 0.501. The van der Waals surface area contributed by atoms with Crippen LogP contribution in [0.3, 0.4) is 0 Å². The number of hydrogen-bond donors (Lipinski definition) is 1. The first-order valence-electron chi connectivity index (χ1n) is 8.58. The smallest absolute Gasteiger partial charge is 0.343 e. The fourth-order valence-electron chi connectivity index (χ4n) is 2.78. The number of esters is 1. The van der Waals surface area contributed by atoms with Crippen LogP contribution in [0.5, 0.6) is 5.75 Å². The normalized spacial score (nSPS) is 13.4. The van der Waals surface area contributed by atoms with Gasteiger partial charge in [-0.1, -0.05) is 6.07 Å². The fourth-order valence-corrected chi connectivity index (χ4v) is 2.78. The van der Waals surface area contributed by atoms with E-state index in [4.69, 9.17) is 4.74 Å². The summed E-state index contributed by atoms with van der Waals surface area (Å²) in [4.78, 5) is 37.1. The lowest BCUT2D eigenvalue weighted by molar-refractivity contribution is -0.142. The van der Waals surface area contributed by atoms with Gasteiger partial charge in [-0.2, -0.15) is 0 Å². The first-order valence-corrected chi connectivity index (χ1v) is 8.58. The van der Waals surface area contributed by atoms with Crippen molar-refractivity contribution in [3.63, 3.8) is 0 Å². The molecule has 1 aliphatic heterocycles. The monoisotopic (exact) mass is 368 g/mol. The molecule has 0 unspecified atom stereocenters. The van der Waals surface area contributed by atoms with Gasteiger partial charge in [-0.15, -0.1) is 0 Å². The summed E-state index contributed by atoms with van der Waals surface area (Å²) in [7, 11) is 1.28. The van der Waals surface area contributed by atoms with Gasteiger partial charge < -0.3 is 19.7 Å². The Labute approximate surface area is 156 Å². The van der Waals surface area contributed by atoms with E-state index >= 15 is 0 Å². The molecule has 1 aliphatic rings. The van der Waals surface area contributed by atoms with Crippen molar-refractivity contribution >= 4 is 29.2 Å². The van der Waals surface area contributed by atoms with Crippen LogP contribution in [-0.4, -0.2) is 38.0 Å². The van der Waals surface area contributed by atoms with E-state index in [9.17, 15) is 14.4 Å². The molecule has 0 spiro atoms. The molecule has 2 aromatic carbocycles. The molecule has 140 valence electrons. The predicted molar refractivity (Wildman–Crippen MR) is 99.9 cm³/mol. The Morgan fingerprint density at radius 1 is 1.15 bits per heavy atom. The van der Waals surface area contributed by atoms with Crippen LogP contribution in [0.2, 0.25) is 0 Å². The minimum atomic E-state index is -0.499. The summed E-state index contributed by atoms with van der Waals surface area (Å²) >= 11 is 0. The van der Waals surface area contributed by atoms with Crippen molar-refractivity contribution in [3.05, 3.63) is 54.1 Å². The zero-order valence-electron chi connectivity index (χ0n) is 14.9. The van der Waals surface area contributed by atoms with Crippen molar-refractivity contribution in [2.75, 3.05) is 30.5 Å². The van der Waals surface area contributed by atoms with Crippen molar-refractivity contribution in [1.29, 1.82) is 0 Å². The lowest BCUT2D eigenvalue weighted by atomic mass is 10.2. The molecule has 0 aliphatic carbocycles. The third kappa shape index (κ3) is 4.63. The van der Waals surface area contributed by atoms with Crippen LogP contribution in [0.15, 0.2) is 48.5 Å². The molecule has 1 heterocycles. The van der Waals surface area contributed by atoms with Crippen LogP contribution in [0, 0.1) is 0 Å². The van der Waals surface area contributed by atoms with Gasteiger partial charge in [0, 0.05) is 29.9 Å². The second kappa shape index (κ2) is 8.35. The zero-order chi connectivity index (χ0) is 19.2. The van der Waals surface area contributed by atoms with Gasteiger partial charge in [0.15, 0.2) is 6.61 Å². The minimum Gasteiger partial charge on any atom is -0.482 e. The van der Waals surface area contributed by atoms with Crippen molar-refractivity contribution in [2.45, 2.75) is 12.8 Å². The summed E-state index contributed by atoms with van der Waals surface area (Å²) in [5.74, 6) is -0.281. The topological polar surface area (TPSA) is 84.9 Å².